The lowest BCUT2D eigenvalue weighted by Gasteiger charge is -2.43. The van der Waals surface area contributed by atoms with Crippen LogP contribution in [0.5, 0.6) is 0 Å². The second-order valence-corrected chi connectivity index (χ2v) is 15.8. The van der Waals surface area contributed by atoms with E-state index in [0.29, 0.717) is 36.0 Å². The van der Waals surface area contributed by atoms with Crippen molar-refractivity contribution in [2.24, 2.45) is 11.8 Å². The molecule has 6 nitrogen and oxygen atoms in total. The number of hydrogen-bond donors (Lipinski definition) is 3. The summed E-state index contributed by atoms with van der Waals surface area (Å²) in [6.07, 6.45) is 8.09. The molecule has 0 radical (unpaired) electrons. The summed E-state index contributed by atoms with van der Waals surface area (Å²) in [6, 6.07) is 7.31. The Balaban J connectivity index is 1.32. The summed E-state index contributed by atoms with van der Waals surface area (Å²) in [5.74, 6) is -1.26. The number of halogens is 2. The summed E-state index contributed by atoms with van der Waals surface area (Å²) in [7, 11) is 0. The molecule has 0 spiro atoms. The lowest BCUT2D eigenvalue weighted by atomic mass is 9.87. The molecule has 5 fully saturated rings. The first-order valence-electron chi connectivity index (χ1n) is 17.1. The predicted molar refractivity (Wildman–Crippen MR) is 172 cm³/mol. The second kappa shape index (κ2) is 13.9. The minimum absolute atomic E-state index is 0.0145. The van der Waals surface area contributed by atoms with Crippen molar-refractivity contribution in [1.82, 2.24) is 25.2 Å². The fraction of sp³-hybridized carbons (Fsp3) is 0.824. The zero-order valence-electron chi connectivity index (χ0n) is 26.8. The van der Waals surface area contributed by atoms with Gasteiger partial charge < -0.3 is 4.74 Å². The molecular formula is C34H55F2N5OS. The highest BCUT2D eigenvalue weighted by atomic mass is 32.2. The van der Waals surface area contributed by atoms with Crippen LogP contribution in [0.4, 0.5) is 8.78 Å². The Hall–Kier alpha value is -0.810. The van der Waals surface area contributed by atoms with Gasteiger partial charge in [-0.05, 0) is 80.9 Å². The highest BCUT2D eigenvalue weighted by Gasteiger charge is 2.43. The molecule has 3 heterocycles. The lowest BCUT2D eigenvalue weighted by molar-refractivity contribution is -0.104. The number of fused-ring (bicyclic) bond motifs is 6. The van der Waals surface area contributed by atoms with Crippen LogP contribution in [0.15, 0.2) is 18.2 Å². The zero-order chi connectivity index (χ0) is 30.1. The van der Waals surface area contributed by atoms with Crippen LogP contribution in [0, 0.1) is 25.7 Å². The second-order valence-electron chi connectivity index (χ2n) is 14.7. The van der Waals surface area contributed by atoms with Crippen molar-refractivity contribution < 1.29 is 13.5 Å². The van der Waals surface area contributed by atoms with Crippen LogP contribution in [0.25, 0.3) is 0 Å². The standard InChI is InChI=1S/C34H55F2N5OS/c1-22(2)17-29-30-21-40(26-11-13-34(35,36)14-12-26)15-16-41(29)20-25-9-6-10-27(18-25)43-39-33-37-28(19-31(38-33)42-30)32-23(3)7-5-8-24(32)4/h5,7-8,22,25-31,33,37-39H,6,9-21H2,1-4H3/t25?,27?,28?,29-,30+,31?,33?/m1/s1. The SMILES string of the molecule is Cc1cccc(C)c1C1CC2NC(NSC3CCCC(C3)CN3CCN(C4CCC(F)(F)CC4)C[C@H](O2)[C@H]3CC(C)C)N1. The third-order valence-corrected chi connectivity index (χ3v) is 12.0. The van der Waals surface area contributed by atoms with Crippen LogP contribution in [0.2, 0.25) is 0 Å². The van der Waals surface area contributed by atoms with Gasteiger partial charge in [-0.25, -0.2) is 13.5 Å². The minimum Gasteiger partial charge on any atom is -0.357 e. The maximum Gasteiger partial charge on any atom is 0.248 e. The van der Waals surface area contributed by atoms with E-state index in [2.05, 4.69) is 71.0 Å². The topological polar surface area (TPSA) is 51.8 Å². The van der Waals surface area contributed by atoms with Gasteiger partial charge in [0.25, 0.3) is 0 Å². The van der Waals surface area contributed by atoms with Gasteiger partial charge in [-0.2, -0.15) is 0 Å². The van der Waals surface area contributed by atoms with Crippen LogP contribution in [-0.2, 0) is 4.74 Å². The molecule has 5 aliphatic rings. The molecule has 6 unspecified atom stereocenters. The molecule has 9 heteroatoms. The van der Waals surface area contributed by atoms with Gasteiger partial charge in [-0.3, -0.25) is 20.4 Å². The molecule has 0 amide bonds. The van der Waals surface area contributed by atoms with Crippen molar-refractivity contribution in [3.05, 3.63) is 34.9 Å². The van der Waals surface area contributed by atoms with E-state index in [-0.39, 0.29) is 43.5 Å². The van der Waals surface area contributed by atoms with Crippen molar-refractivity contribution in [2.75, 3.05) is 26.2 Å². The van der Waals surface area contributed by atoms with Crippen LogP contribution in [0.1, 0.15) is 101 Å². The summed E-state index contributed by atoms with van der Waals surface area (Å²) in [4.78, 5) is 5.31. The number of alkyl halides is 2. The molecule has 43 heavy (non-hydrogen) atoms. The molecular weight excluding hydrogens is 564 g/mol. The average Bonchev–Trinajstić information content (AvgIpc) is 3.10. The van der Waals surface area contributed by atoms with Crippen molar-refractivity contribution in [3.63, 3.8) is 0 Å². The first kappa shape index (κ1) is 32.1. The van der Waals surface area contributed by atoms with E-state index in [0.717, 1.165) is 39.0 Å². The van der Waals surface area contributed by atoms with Gasteiger partial charge in [0.1, 0.15) is 12.5 Å². The number of aryl methyl sites for hydroxylation is 2. The van der Waals surface area contributed by atoms with E-state index in [4.69, 9.17) is 4.74 Å². The number of benzene rings is 1. The molecule has 8 atom stereocenters. The molecule has 6 rings (SSSR count). The maximum atomic E-state index is 14.2. The molecule has 1 aromatic carbocycles. The van der Waals surface area contributed by atoms with Gasteiger partial charge in [-0.1, -0.05) is 50.4 Å². The van der Waals surface area contributed by atoms with Crippen molar-refractivity contribution >= 4 is 11.9 Å². The molecule has 3 aliphatic heterocycles. The molecule has 0 aromatic heterocycles. The largest absolute Gasteiger partial charge is 0.357 e. The summed E-state index contributed by atoms with van der Waals surface area (Å²) in [5, 5.41) is 8.30. The number of hydrogen-bond acceptors (Lipinski definition) is 7. The van der Waals surface area contributed by atoms with E-state index in [1.54, 1.807) is 0 Å². The van der Waals surface area contributed by atoms with Gasteiger partial charge in [0.2, 0.25) is 5.92 Å². The summed E-state index contributed by atoms with van der Waals surface area (Å²) in [5.41, 5.74) is 4.01. The summed E-state index contributed by atoms with van der Waals surface area (Å²) in [6.45, 7) is 13.0. The Kier molecular flexibility index (Phi) is 10.4. The Labute approximate surface area is 262 Å². The molecule has 2 saturated carbocycles. The Bertz CT molecular complexity index is 1050. The van der Waals surface area contributed by atoms with E-state index in [9.17, 15) is 8.78 Å². The molecule has 242 valence electrons. The van der Waals surface area contributed by atoms with Crippen LogP contribution in [0.3, 0.4) is 0 Å². The average molecular weight is 620 g/mol. The number of ether oxygens (including phenoxy) is 1. The summed E-state index contributed by atoms with van der Waals surface area (Å²) >= 11 is 1.91. The van der Waals surface area contributed by atoms with Crippen molar-refractivity contribution in [2.45, 2.75) is 140 Å². The first-order valence-corrected chi connectivity index (χ1v) is 18.0. The fourth-order valence-corrected chi connectivity index (χ4v) is 9.83. The minimum atomic E-state index is -2.50. The highest BCUT2D eigenvalue weighted by Crippen LogP contribution is 2.38. The summed E-state index contributed by atoms with van der Waals surface area (Å²) < 4.78 is 39.4. The van der Waals surface area contributed by atoms with Gasteiger partial charge >= 0.3 is 0 Å². The van der Waals surface area contributed by atoms with Gasteiger partial charge in [0.15, 0.2) is 0 Å². The zero-order valence-corrected chi connectivity index (χ0v) is 27.6. The molecule has 3 saturated heterocycles. The normalized spacial score (nSPS) is 38.0. The van der Waals surface area contributed by atoms with Gasteiger partial charge in [0, 0.05) is 68.8 Å². The number of nitrogens with one attached hydrogen (secondary N) is 3. The van der Waals surface area contributed by atoms with E-state index in [1.807, 2.05) is 11.9 Å². The quantitative estimate of drug-likeness (QED) is 0.340. The monoisotopic (exact) mass is 619 g/mol. The molecule has 2 aliphatic carbocycles. The molecule has 6 bridgehead atoms. The van der Waals surface area contributed by atoms with Crippen LogP contribution < -0.4 is 15.4 Å². The smallest absolute Gasteiger partial charge is 0.248 e. The van der Waals surface area contributed by atoms with E-state index < -0.39 is 5.92 Å². The fourth-order valence-electron chi connectivity index (χ4n) is 8.72. The highest BCUT2D eigenvalue weighted by molar-refractivity contribution is 7.98. The van der Waals surface area contributed by atoms with Crippen molar-refractivity contribution in [3.8, 4) is 0 Å². The van der Waals surface area contributed by atoms with Crippen LogP contribution >= 0.6 is 11.9 Å². The number of nitrogens with zero attached hydrogens (tertiary/aromatic N) is 2. The molecule has 1 aromatic rings. The maximum absolute atomic E-state index is 14.2. The third-order valence-electron chi connectivity index (χ3n) is 10.9. The van der Waals surface area contributed by atoms with Crippen molar-refractivity contribution in [1.29, 1.82) is 0 Å². The van der Waals surface area contributed by atoms with E-state index in [1.165, 1.54) is 42.4 Å². The first-order chi connectivity index (χ1) is 20.6. The number of rotatable bonds is 4. The molecule has 3 N–H and O–H groups in total. The van der Waals surface area contributed by atoms with Gasteiger partial charge in [0.05, 0.1) is 6.10 Å². The third kappa shape index (κ3) is 7.95. The predicted octanol–water partition coefficient (Wildman–Crippen LogP) is 6.34. The Morgan fingerprint density at radius 1 is 0.977 bits per heavy atom. The lowest BCUT2D eigenvalue weighted by Crippen LogP contribution is -2.62. The van der Waals surface area contributed by atoms with Crippen LogP contribution in [-0.4, -0.2) is 77.9 Å². The Morgan fingerprint density at radius 2 is 1.72 bits per heavy atom. The van der Waals surface area contributed by atoms with E-state index >= 15 is 0 Å². The Morgan fingerprint density at radius 3 is 2.47 bits per heavy atom. The van der Waals surface area contributed by atoms with Gasteiger partial charge in [-0.15, -0.1) is 0 Å².